The van der Waals surface area contributed by atoms with Crippen molar-refractivity contribution in [3.63, 3.8) is 0 Å². The maximum Gasteiger partial charge on any atom is 0.243 e. The van der Waals surface area contributed by atoms with Gasteiger partial charge in [-0.2, -0.15) is 4.31 Å². The molecule has 6 nitrogen and oxygen atoms in total. The lowest BCUT2D eigenvalue weighted by Crippen LogP contribution is -2.39. The second-order valence-corrected chi connectivity index (χ2v) is 9.64. The first-order valence-corrected chi connectivity index (χ1v) is 11.4. The summed E-state index contributed by atoms with van der Waals surface area (Å²) in [5, 5.41) is 2.88. The van der Waals surface area contributed by atoms with Crippen molar-refractivity contribution in [2.24, 2.45) is 0 Å². The van der Waals surface area contributed by atoms with Crippen LogP contribution in [-0.2, 0) is 21.4 Å². The molecular formula is C22H29N3O3S. The molecule has 0 saturated carbocycles. The third kappa shape index (κ3) is 5.23. The van der Waals surface area contributed by atoms with Gasteiger partial charge in [-0.3, -0.25) is 9.69 Å². The van der Waals surface area contributed by atoms with Gasteiger partial charge in [0.05, 0.1) is 10.9 Å². The first kappa shape index (κ1) is 21.5. The molecule has 1 fully saturated rings. The number of sulfonamides is 1. The van der Waals surface area contributed by atoms with E-state index in [1.807, 2.05) is 25.8 Å². The second kappa shape index (κ2) is 9.07. The molecule has 0 aliphatic carbocycles. The van der Waals surface area contributed by atoms with Crippen LogP contribution in [-0.4, -0.2) is 49.7 Å². The molecule has 1 heterocycles. The van der Waals surface area contributed by atoms with Crippen LogP contribution in [0.1, 0.15) is 30.9 Å². The van der Waals surface area contributed by atoms with Crippen molar-refractivity contribution in [2.45, 2.75) is 44.2 Å². The van der Waals surface area contributed by atoms with Gasteiger partial charge in [-0.15, -0.1) is 0 Å². The molecule has 156 valence electrons. The second-order valence-electron chi connectivity index (χ2n) is 7.70. The van der Waals surface area contributed by atoms with Crippen LogP contribution in [0.2, 0.25) is 0 Å². The highest BCUT2D eigenvalue weighted by atomic mass is 32.2. The number of nitrogens with one attached hydrogen (secondary N) is 1. The number of aryl methyl sites for hydroxylation is 1. The van der Waals surface area contributed by atoms with E-state index in [9.17, 15) is 13.2 Å². The first-order chi connectivity index (χ1) is 13.8. The standard InChI is InChI=1S/C22H29N3O3S/c1-17-6-8-19(9-7-17)16-24(3)18(2)22(26)23-20-10-12-21(13-11-20)29(27,28)25-14-4-5-15-25/h6-13,18H,4-5,14-16H2,1-3H3,(H,23,26). The van der Waals surface area contributed by atoms with Crippen LogP contribution in [0.4, 0.5) is 5.69 Å². The van der Waals surface area contributed by atoms with E-state index in [2.05, 4.69) is 29.6 Å². The molecule has 1 saturated heterocycles. The predicted octanol–water partition coefficient (Wildman–Crippen LogP) is 3.24. The summed E-state index contributed by atoms with van der Waals surface area (Å²) in [5.74, 6) is -0.130. The fraction of sp³-hybridized carbons (Fsp3) is 0.409. The Morgan fingerprint density at radius 1 is 1.07 bits per heavy atom. The van der Waals surface area contributed by atoms with E-state index in [-0.39, 0.29) is 16.8 Å². The van der Waals surface area contributed by atoms with Gasteiger partial charge in [0.1, 0.15) is 0 Å². The largest absolute Gasteiger partial charge is 0.325 e. The van der Waals surface area contributed by atoms with Crippen molar-refractivity contribution in [3.05, 3.63) is 59.7 Å². The zero-order chi connectivity index (χ0) is 21.0. The van der Waals surface area contributed by atoms with Crippen molar-refractivity contribution in [1.82, 2.24) is 9.21 Å². The number of likely N-dealkylation sites (N-methyl/N-ethyl adjacent to an activating group) is 1. The lowest BCUT2D eigenvalue weighted by Gasteiger charge is -2.24. The number of amides is 1. The summed E-state index contributed by atoms with van der Waals surface area (Å²) in [6.45, 7) is 5.72. The minimum absolute atomic E-state index is 0.130. The van der Waals surface area contributed by atoms with Gasteiger partial charge < -0.3 is 5.32 Å². The summed E-state index contributed by atoms with van der Waals surface area (Å²) < 4.78 is 26.7. The van der Waals surface area contributed by atoms with Gasteiger partial charge in [0.15, 0.2) is 0 Å². The monoisotopic (exact) mass is 415 g/mol. The molecule has 1 amide bonds. The maximum atomic E-state index is 12.6. The Balaban J connectivity index is 1.60. The highest BCUT2D eigenvalue weighted by molar-refractivity contribution is 7.89. The van der Waals surface area contributed by atoms with Crippen LogP contribution in [0.3, 0.4) is 0 Å². The Kier molecular flexibility index (Phi) is 6.72. The fourth-order valence-corrected chi connectivity index (χ4v) is 4.87. The number of rotatable bonds is 7. The summed E-state index contributed by atoms with van der Waals surface area (Å²) in [4.78, 5) is 14.9. The highest BCUT2D eigenvalue weighted by Gasteiger charge is 2.27. The summed E-state index contributed by atoms with van der Waals surface area (Å²) in [7, 11) is -1.53. The average Bonchev–Trinajstić information content (AvgIpc) is 3.25. The highest BCUT2D eigenvalue weighted by Crippen LogP contribution is 2.22. The van der Waals surface area contributed by atoms with Crippen LogP contribution < -0.4 is 5.32 Å². The van der Waals surface area contributed by atoms with Gasteiger partial charge in [0, 0.05) is 25.3 Å². The number of carbonyl (C=O) groups is 1. The number of benzene rings is 2. The maximum absolute atomic E-state index is 12.6. The Hall–Kier alpha value is -2.22. The van der Waals surface area contributed by atoms with Crippen LogP contribution in [0.25, 0.3) is 0 Å². The lowest BCUT2D eigenvalue weighted by molar-refractivity contribution is -0.120. The summed E-state index contributed by atoms with van der Waals surface area (Å²) in [6.07, 6.45) is 1.81. The van der Waals surface area contributed by atoms with Crippen molar-refractivity contribution >= 4 is 21.6 Å². The van der Waals surface area contributed by atoms with E-state index in [4.69, 9.17) is 0 Å². The van der Waals surface area contributed by atoms with E-state index in [1.54, 1.807) is 24.3 Å². The van der Waals surface area contributed by atoms with Gasteiger partial charge in [-0.25, -0.2) is 8.42 Å². The Labute approximate surface area is 173 Å². The molecule has 0 radical (unpaired) electrons. The molecule has 2 aromatic rings. The Bertz CT molecular complexity index is 934. The SMILES string of the molecule is Cc1ccc(CN(C)C(C)C(=O)Nc2ccc(S(=O)(=O)N3CCCC3)cc2)cc1. The molecule has 1 aliphatic rings. The first-order valence-electron chi connectivity index (χ1n) is 9.94. The normalized spacial score (nSPS) is 16.1. The molecule has 1 N–H and O–H groups in total. The van der Waals surface area contributed by atoms with E-state index < -0.39 is 10.0 Å². The number of hydrogen-bond acceptors (Lipinski definition) is 4. The number of nitrogens with zero attached hydrogens (tertiary/aromatic N) is 2. The van der Waals surface area contributed by atoms with Gasteiger partial charge >= 0.3 is 0 Å². The molecule has 1 unspecified atom stereocenters. The van der Waals surface area contributed by atoms with Crippen molar-refractivity contribution in [2.75, 3.05) is 25.5 Å². The minimum Gasteiger partial charge on any atom is -0.325 e. The third-order valence-corrected chi connectivity index (χ3v) is 7.33. The molecule has 3 rings (SSSR count). The van der Waals surface area contributed by atoms with Gasteiger partial charge in [-0.05, 0) is 63.6 Å². The van der Waals surface area contributed by atoms with E-state index in [1.165, 1.54) is 9.87 Å². The van der Waals surface area contributed by atoms with Crippen LogP contribution in [0, 0.1) is 6.92 Å². The topological polar surface area (TPSA) is 69.7 Å². The smallest absolute Gasteiger partial charge is 0.243 e. The molecule has 2 aromatic carbocycles. The number of hydrogen-bond donors (Lipinski definition) is 1. The van der Waals surface area contributed by atoms with Crippen LogP contribution in [0.5, 0.6) is 0 Å². The number of anilines is 1. The Morgan fingerprint density at radius 3 is 2.24 bits per heavy atom. The quantitative estimate of drug-likeness (QED) is 0.754. The molecule has 0 aromatic heterocycles. The third-order valence-electron chi connectivity index (χ3n) is 5.42. The van der Waals surface area contributed by atoms with Gasteiger partial charge in [0.25, 0.3) is 0 Å². The molecule has 29 heavy (non-hydrogen) atoms. The van der Waals surface area contributed by atoms with E-state index >= 15 is 0 Å². The van der Waals surface area contributed by atoms with Crippen molar-refractivity contribution < 1.29 is 13.2 Å². The minimum atomic E-state index is -3.44. The zero-order valence-corrected chi connectivity index (χ0v) is 18.1. The van der Waals surface area contributed by atoms with Gasteiger partial charge in [-0.1, -0.05) is 29.8 Å². The summed E-state index contributed by atoms with van der Waals surface area (Å²) >= 11 is 0. The summed E-state index contributed by atoms with van der Waals surface area (Å²) in [6, 6.07) is 14.3. The molecular weight excluding hydrogens is 386 g/mol. The van der Waals surface area contributed by atoms with Crippen LogP contribution >= 0.6 is 0 Å². The van der Waals surface area contributed by atoms with Crippen LogP contribution in [0.15, 0.2) is 53.4 Å². The average molecular weight is 416 g/mol. The van der Waals surface area contributed by atoms with Crippen molar-refractivity contribution in [3.8, 4) is 0 Å². The van der Waals surface area contributed by atoms with E-state index in [0.717, 1.165) is 18.4 Å². The number of carbonyl (C=O) groups excluding carboxylic acids is 1. The Morgan fingerprint density at radius 2 is 1.66 bits per heavy atom. The molecule has 1 aliphatic heterocycles. The molecule has 0 bridgehead atoms. The fourth-order valence-electron chi connectivity index (χ4n) is 3.35. The molecule has 1 atom stereocenters. The van der Waals surface area contributed by atoms with Crippen molar-refractivity contribution in [1.29, 1.82) is 0 Å². The van der Waals surface area contributed by atoms with E-state index in [0.29, 0.717) is 25.3 Å². The lowest BCUT2D eigenvalue weighted by atomic mass is 10.1. The molecule has 7 heteroatoms. The molecule has 0 spiro atoms. The summed E-state index contributed by atoms with van der Waals surface area (Å²) in [5.41, 5.74) is 2.94. The predicted molar refractivity (Wildman–Crippen MR) is 115 cm³/mol. The van der Waals surface area contributed by atoms with Gasteiger partial charge in [0.2, 0.25) is 15.9 Å². The zero-order valence-electron chi connectivity index (χ0n) is 17.3.